The van der Waals surface area contributed by atoms with Crippen LogP contribution in [0.5, 0.6) is 23.0 Å². The Labute approximate surface area is 450 Å². The summed E-state index contributed by atoms with van der Waals surface area (Å²) in [6, 6.07) is 10.8. The molecule has 0 aromatic heterocycles. The smallest absolute Gasteiger partial charge is 0.412 e. The molecule has 0 unspecified atom stereocenters. The molecule has 6 rings (SSSR count). The number of hydrogen-bond acceptors (Lipinski definition) is 11. The Kier molecular flexibility index (Phi) is 26.1. The molecule has 2 aliphatic heterocycles. The van der Waals surface area contributed by atoms with E-state index in [1.165, 1.54) is 83.5 Å². The van der Waals surface area contributed by atoms with Crippen LogP contribution in [-0.4, -0.2) is 84.4 Å². The van der Waals surface area contributed by atoms with Crippen molar-refractivity contribution in [2.45, 2.75) is 218 Å². The van der Waals surface area contributed by atoms with E-state index in [2.05, 4.69) is 31.8 Å². The highest BCUT2D eigenvalue weighted by Gasteiger charge is 2.65. The van der Waals surface area contributed by atoms with Gasteiger partial charge in [-0.3, -0.25) is 4.79 Å². The van der Waals surface area contributed by atoms with E-state index in [1.54, 1.807) is 12.1 Å². The number of rotatable bonds is 38. The zero-order valence-corrected chi connectivity index (χ0v) is 46.3. The first kappa shape index (κ1) is 59.7. The summed E-state index contributed by atoms with van der Waals surface area (Å²) in [5.41, 5.74) is 3.48. The number of hydrogen-bond donors (Lipinski definition) is 3. The largest absolute Gasteiger partial charge is 0.459 e. The lowest BCUT2D eigenvalue weighted by atomic mass is 9.55. The fourth-order valence-electron chi connectivity index (χ4n) is 12.1. The molecule has 0 saturated heterocycles. The minimum absolute atomic E-state index is 0.000998. The fraction of sp³-hybridized carbons (Fsp3) is 0.694. The minimum atomic E-state index is -1.42. The van der Waals surface area contributed by atoms with E-state index < -0.39 is 23.8 Å². The van der Waals surface area contributed by atoms with Gasteiger partial charge in [-0.05, 0) is 98.8 Å². The number of aliphatic hydroxyl groups is 2. The Morgan fingerprint density at radius 3 is 2.08 bits per heavy atom. The van der Waals surface area contributed by atoms with Crippen molar-refractivity contribution in [1.82, 2.24) is 10.2 Å². The van der Waals surface area contributed by atoms with Crippen molar-refractivity contribution >= 4 is 17.7 Å². The molecule has 13 heteroatoms. The van der Waals surface area contributed by atoms with Gasteiger partial charge in [0, 0.05) is 50.6 Å². The van der Waals surface area contributed by atoms with Gasteiger partial charge in [0.1, 0.15) is 24.1 Å². The van der Waals surface area contributed by atoms with Crippen LogP contribution in [0.4, 0.5) is 4.79 Å². The first-order valence-electron chi connectivity index (χ1n) is 29.7. The number of unbranched alkanes of at least 4 members (excludes halogenated alkanes) is 19. The van der Waals surface area contributed by atoms with Crippen molar-refractivity contribution in [3.63, 3.8) is 0 Å². The van der Waals surface area contributed by atoms with Crippen LogP contribution < -0.4 is 24.3 Å². The van der Waals surface area contributed by atoms with Gasteiger partial charge in [0.25, 0.3) is 0 Å². The van der Waals surface area contributed by atoms with E-state index in [9.17, 15) is 15.0 Å². The highest BCUT2D eigenvalue weighted by molar-refractivity contribution is 6.03. The second kappa shape index (κ2) is 32.9. The number of nitrogens with zero attached hydrogens (tertiary/aromatic N) is 2. The first-order valence-corrected chi connectivity index (χ1v) is 29.7. The molecule has 2 aliphatic carbocycles. The molecule has 75 heavy (non-hydrogen) atoms. The summed E-state index contributed by atoms with van der Waals surface area (Å²) in [6.45, 7) is 12.2. The standard InChI is InChI=1S/C62H95N3O10/c1-5-9-11-13-15-17-19-21-23-27-37-63-61(69)74-49-34-36-54-52(43-49)59-50(31-26-29-39-67)48(30-25-28-38-66)42-51-53(64-73-8-4)44-57(62(75-54,60(51)59)72-40-7-3)65(45-47-33-35-55-56(41-47)71-46-70-55)58(68)32-24-22-20-18-16-14-12-10-6-2/h7,33-36,41-43,48,50,57,59-60,66-67H,3,5-6,8-32,37-40,44-46H2,1-2,4H3,(H,63,69)/t48-,50+,57-,59+,60+,62+/m0/s1. The summed E-state index contributed by atoms with van der Waals surface area (Å²) in [7, 11) is 0. The number of nitrogens with one attached hydrogen (secondary N) is 1. The third-order valence-corrected chi connectivity index (χ3v) is 15.9. The van der Waals surface area contributed by atoms with E-state index in [-0.39, 0.29) is 56.8 Å². The molecule has 2 aromatic carbocycles. The quantitative estimate of drug-likeness (QED) is 0.0336. The number of carbonyl (C=O) groups is 2. The molecule has 0 bridgehead atoms. The molecule has 0 radical (unpaired) electrons. The van der Waals surface area contributed by atoms with Crippen LogP contribution in [0.25, 0.3) is 0 Å². The lowest BCUT2D eigenvalue weighted by molar-refractivity contribution is -0.258. The monoisotopic (exact) mass is 1040 g/mol. The third kappa shape index (κ3) is 17.2. The topological polar surface area (TPSA) is 158 Å². The third-order valence-electron chi connectivity index (χ3n) is 15.9. The number of oxime groups is 1. The molecular formula is C62H95N3O10. The number of ether oxygens (including phenoxy) is 5. The number of amides is 2. The van der Waals surface area contributed by atoms with Crippen molar-refractivity contribution in [2.24, 2.45) is 22.9 Å². The summed E-state index contributed by atoms with van der Waals surface area (Å²) < 4.78 is 32.4. The number of benzene rings is 2. The Morgan fingerprint density at radius 2 is 1.41 bits per heavy atom. The van der Waals surface area contributed by atoms with Crippen molar-refractivity contribution in [1.29, 1.82) is 0 Å². The molecule has 3 N–H and O–H groups in total. The molecule has 13 nitrogen and oxygen atoms in total. The zero-order chi connectivity index (χ0) is 53.1. The van der Waals surface area contributed by atoms with Crippen molar-refractivity contribution in [2.75, 3.05) is 39.8 Å². The zero-order valence-electron chi connectivity index (χ0n) is 46.3. The maximum atomic E-state index is 15.3. The van der Waals surface area contributed by atoms with Crippen LogP contribution in [-0.2, 0) is 20.9 Å². The van der Waals surface area contributed by atoms with Gasteiger partial charge in [-0.2, -0.15) is 0 Å². The van der Waals surface area contributed by atoms with Gasteiger partial charge in [0.15, 0.2) is 11.5 Å². The molecule has 2 aromatic rings. The maximum Gasteiger partial charge on any atom is 0.412 e. The highest BCUT2D eigenvalue weighted by atomic mass is 16.7. The van der Waals surface area contributed by atoms with Gasteiger partial charge in [-0.1, -0.05) is 159 Å². The second-order valence-electron chi connectivity index (χ2n) is 21.5. The average Bonchev–Trinajstić information content (AvgIpc) is 3.89. The highest BCUT2D eigenvalue weighted by Crippen LogP contribution is 2.62. The van der Waals surface area contributed by atoms with Gasteiger partial charge < -0.3 is 49.0 Å². The van der Waals surface area contributed by atoms with Crippen molar-refractivity contribution in [3.8, 4) is 23.0 Å². The molecule has 0 spiro atoms. The fourth-order valence-corrected chi connectivity index (χ4v) is 12.1. The summed E-state index contributed by atoms with van der Waals surface area (Å²) in [4.78, 5) is 36.8. The van der Waals surface area contributed by atoms with Gasteiger partial charge in [-0.25, -0.2) is 4.79 Å². The van der Waals surface area contributed by atoms with Crippen LogP contribution in [0, 0.1) is 17.8 Å². The Hall–Kier alpha value is -4.59. The molecule has 6 atom stereocenters. The van der Waals surface area contributed by atoms with Gasteiger partial charge in [-0.15, -0.1) is 6.58 Å². The van der Waals surface area contributed by atoms with E-state index in [4.69, 9.17) is 33.7 Å². The SMILES string of the molecule is C=CCO[C@@]12Oc3ccc(OC(=O)NCCCCCCCCCCCC)cc3[C@H]3[C@H](CCCCO)[C@@H](CCCCO)C=C(C(=NOCC)C[C@@H]1N(Cc1ccc4c(c1)OCO4)C(=O)CCCCCCCCCCC)[C@H]32. The van der Waals surface area contributed by atoms with E-state index >= 15 is 4.79 Å². The lowest BCUT2D eigenvalue weighted by Gasteiger charge is -2.60. The Morgan fingerprint density at radius 1 is 0.773 bits per heavy atom. The van der Waals surface area contributed by atoms with Crippen LogP contribution in [0.1, 0.15) is 211 Å². The van der Waals surface area contributed by atoms with Crippen LogP contribution in [0.2, 0.25) is 0 Å². The van der Waals surface area contributed by atoms with Gasteiger partial charge >= 0.3 is 6.09 Å². The number of aliphatic hydroxyl groups excluding tert-OH is 2. The van der Waals surface area contributed by atoms with E-state index in [0.29, 0.717) is 61.8 Å². The lowest BCUT2D eigenvalue weighted by Crippen LogP contribution is -2.70. The van der Waals surface area contributed by atoms with Crippen LogP contribution >= 0.6 is 0 Å². The van der Waals surface area contributed by atoms with Gasteiger partial charge in [0.05, 0.1) is 18.2 Å². The molecule has 4 aliphatic rings. The minimum Gasteiger partial charge on any atom is -0.459 e. The molecule has 1 fully saturated rings. The summed E-state index contributed by atoms with van der Waals surface area (Å²) >= 11 is 0. The van der Waals surface area contributed by atoms with Crippen LogP contribution in [0.15, 0.2) is 65.9 Å². The van der Waals surface area contributed by atoms with E-state index in [0.717, 1.165) is 86.6 Å². The molecular weight excluding hydrogens is 947 g/mol. The Balaban J connectivity index is 1.37. The van der Waals surface area contributed by atoms with Crippen LogP contribution in [0.3, 0.4) is 0 Å². The number of allylic oxidation sites excluding steroid dienone is 1. The van der Waals surface area contributed by atoms with Crippen molar-refractivity contribution < 1.29 is 48.3 Å². The van der Waals surface area contributed by atoms with Gasteiger partial charge in [0.2, 0.25) is 18.5 Å². The molecule has 2 amide bonds. The summed E-state index contributed by atoms with van der Waals surface area (Å²) in [5, 5.41) is 28.0. The summed E-state index contributed by atoms with van der Waals surface area (Å²) in [6.07, 6.45) is 31.2. The molecule has 2 heterocycles. The number of carbonyl (C=O) groups excluding carboxylic acids is 2. The molecule has 418 valence electrons. The Bertz CT molecular complexity index is 2090. The normalized spacial score (nSPS) is 21.7. The van der Waals surface area contributed by atoms with E-state index in [1.807, 2.05) is 42.2 Å². The average molecular weight is 1040 g/mol. The van der Waals surface area contributed by atoms with Crippen molar-refractivity contribution in [3.05, 3.63) is 71.8 Å². The summed E-state index contributed by atoms with van der Waals surface area (Å²) in [5.74, 6) is 0.234. The molecule has 1 saturated carbocycles. The maximum absolute atomic E-state index is 15.3. The first-order chi connectivity index (χ1) is 36.8. The predicted octanol–water partition coefficient (Wildman–Crippen LogP) is 14.0. The predicted molar refractivity (Wildman–Crippen MR) is 297 cm³/mol. The second-order valence-corrected chi connectivity index (χ2v) is 21.5. The number of fused-ring (bicyclic) bond motifs is 3.